The standard InChI is InChI=1S/C33H28Br2N2O5/c1-3-40-31-18-23(9-14-30(31)41-20-22-7-5-4-6-8-22)21-42-32-28(34)16-24(17-29(32)35)15-25(19-36)33(38)37-26-10-12-27(39-2)13-11-26/h4-18H,3,20-21H2,1-2H3,(H,37,38)/b25-15-. The minimum absolute atomic E-state index is 0.0451. The molecular weight excluding hydrogens is 664 g/mol. The molecule has 0 unspecified atom stereocenters. The molecular formula is C33H28Br2N2O5. The maximum atomic E-state index is 12.7. The molecule has 4 aromatic rings. The second-order valence-corrected chi connectivity index (χ2v) is 10.7. The van der Waals surface area contributed by atoms with E-state index in [9.17, 15) is 10.1 Å². The summed E-state index contributed by atoms with van der Waals surface area (Å²) in [7, 11) is 1.57. The monoisotopic (exact) mass is 690 g/mol. The molecule has 0 bridgehead atoms. The molecule has 0 aliphatic carbocycles. The fraction of sp³-hybridized carbons (Fsp3) is 0.152. The molecule has 0 saturated heterocycles. The van der Waals surface area contributed by atoms with Crippen molar-refractivity contribution in [1.29, 1.82) is 5.26 Å². The van der Waals surface area contributed by atoms with Crippen LogP contribution < -0.4 is 24.3 Å². The van der Waals surface area contributed by atoms with Gasteiger partial charge in [-0.05, 0) is 110 Å². The van der Waals surface area contributed by atoms with Gasteiger partial charge in [0.2, 0.25) is 0 Å². The highest BCUT2D eigenvalue weighted by Gasteiger charge is 2.14. The van der Waals surface area contributed by atoms with Crippen LogP contribution in [0.25, 0.3) is 6.08 Å². The number of halogens is 2. The van der Waals surface area contributed by atoms with Crippen LogP contribution in [0.15, 0.2) is 99.4 Å². The molecule has 0 spiro atoms. The van der Waals surface area contributed by atoms with Gasteiger partial charge in [0, 0.05) is 5.69 Å². The molecule has 0 radical (unpaired) electrons. The van der Waals surface area contributed by atoms with E-state index in [0.717, 1.165) is 11.1 Å². The van der Waals surface area contributed by atoms with E-state index in [0.29, 0.717) is 56.4 Å². The summed E-state index contributed by atoms with van der Waals surface area (Å²) in [5.74, 6) is 2.03. The lowest BCUT2D eigenvalue weighted by molar-refractivity contribution is -0.112. The SMILES string of the molecule is CCOc1cc(COc2c(Br)cc(/C=C(/C#N)C(=O)Nc3ccc(OC)cc3)cc2Br)ccc1OCc1ccccc1. The highest BCUT2D eigenvalue weighted by atomic mass is 79.9. The van der Waals surface area contributed by atoms with Crippen molar-refractivity contribution in [3.63, 3.8) is 0 Å². The first-order chi connectivity index (χ1) is 20.4. The van der Waals surface area contributed by atoms with Crippen molar-refractivity contribution < 1.29 is 23.7 Å². The topological polar surface area (TPSA) is 89.8 Å². The fourth-order valence-corrected chi connectivity index (χ4v) is 5.36. The molecule has 42 heavy (non-hydrogen) atoms. The van der Waals surface area contributed by atoms with Crippen LogP contribution in [0.4, 0.5) is 5.69 Å². The number of hydrogen-bond donors (Lipinski definition) is 1. The van der Waals surface area contributed by atoms with Crippen molar-refractivity contribution in [2.45, 2.75) is 20.1 Å². The molecule has 0 aliphatic rings. The molecule has 214 valence electrons. The molecule has 1 amide bonds. The van der Waals surface area contributed by atoms with Crippen molar-refractivity contribution in [3.8, 4) is 29.1 Å². The number of nitrogens with zero attached hydrogens (tertiary/aromatic N) is 1. The summed E-state index contributed by atoms with van der Waals surface area (Å²) >= 11 is 7.11. The number of carbonyl (C=O) groups excluding carboxylic acids is 1. The normalized spacial score (nSPS) is 10.9. The number of anilines is 1. The Morgan fingerprint density at radius 2 is 1.55 bits per heavy atom. The molecule has 0 atom stereocenters. The number of carbonyl (C=O) groups is 1. The van der Waals surface area contributed by atoms with Gasteiger partial charge < -0.3 is 24.3 Å². The minimum atomic E-state index is -0.517. The van der Waals surface area contributed by atoms with E-state index >= 15 is 0 Å². The van der Waals surface area contributed by atoms with Gasteiger partial charge in [0.1, 0.15) is 36.4 Å². The number of rotatable bonds is 12. The lowest BCUT2D eigenvalue weighted by Gasteiger charge is -2.15. The number of nitrogens with one attached hydrogen (secondary N) is 1. The fourth-order valence-electron chi connectivity index (χ4n) is 3.91. The third-order valence-corrected chi connectivity index (χ3v) is 7.15. The Hall–Kier alpha value is -4.26. The molecule has 0 heterocycles. The minimum Gasteiger partial charge on any atom is -0.497 e. The number of nitriles is 1. The number of amides is 1. The summed E-state index contributed by atoms with van der Waals surface area (Å²) in [6.45, 7) is 3.14. The van der Waals surface area contributed by atoms with Crippen molar-refractivity contribution in [3.05, 3.63) is 116 Å². The summed E-state index contributed by atoms with van der Waals surface area (Å²) in [5.41, 5.74) is 3.11. The van der Waals surface area contributed by atoms with Crippen molar-refractivity contribution in [2.75, 3.05) is 19.0 Å². The van der Waals surface area contributed by atoms with E-state index in [1.54, 1.807) is 43.5 Å². The Labute approximate surface area is 261 Å². The lowest BCUT2D eigenvalue weighted by Crippen LogP contribution is -2.13. The van der Waals surface area contributed by atoms with Gasteiger partial charge in [-0.1, -0.05) is 36.4 Å². The predicted molar refractivity (Wildman–Crippen MR) is 170 cm³/mol. The molecule has 4 rings (SSSR count). The van der Waals surface area contributed by atoms with Crippen molar-refractivity contribution in [2.24, 2.45) is 0 Å². The zero-order chi connectivity index (χ0) is 29.9. The van der Waals surface area contributed by atoms with Crippen LogP contribution in [0.2, 0.25) is 0 Å². The molecule has 4 aromatic carbocycles. The van der Waals surface area contributed by atoms with Gasteiger partial charge >= 0.3 is 0 Å². The van der Waals surface area contributed by atoms with Gasteiger partial charge in [0.25, 0.3) is 5.91 Å². The number of hydrogen-bond acceptors (Lipinski definition) is 6. The summed E-state index contributed by atoms with van der Waals surface area (Å²) in [6, 6.07) is 28.1. The maximum absolute atomic E-state index is 12.7. The molecule has 9 heteroatoms. The first-order valence-corrected chi connectivity index (χ1v) is 14.6. The van der Waals surface area contributed by atoms with Gasteiger partial charge in [-0.3, -0.25) is 4.79 Å². The number of benzene rings is 4. The predicted octanol–water partition coefficient (Wildman–Crippen LogP) is 8.32. The Morgan fingerprint density at radius 3 is 2.19 bits per heavy atom. The van der Waals surface area contributed by atoms with Crippen molar-refractivity contribution >= 4 is 49.5 Å². The van der Waals surface area contributed by atoms with E-state index in [1.807, 2.05) is 61.5 Å². The van der Waals surface area contributed by atoms with Gasteiger partial charge in [-0.2, -0.15) is 5.26 Å². The zero-order valence-electron chi connectivity index (χ0n) is 23.0. The van der Waals surface area contributed by atoms with Crippen LogP contribution in [0.5, 0.6) is 23.0 Å². The van der Waals surface area contributed by atoms with Crippen molar-refractivity contribution in [1.82, 2.24) is 0 Å². The van der Waals surface area contributed by atoms with Crippen LogP contribution in [-0.2, 0) is 18.0 Å². The van der Waals surface area contributed by atoms with Gasteiger partial charge in [-0.25, -0.2) is 0 Å². The Morgan fingerprint density at radius 1 is 0.857 bits per heavy atom. The van der Waals surface area contributed by atoms with Gasteiger partial charge in [0.05, 0.1) is 22.7 Å². The summed E-state index contributed by atoms with van der Waals surface area (Å²) < 4.78 is 24.4. The average molecular weight is 692 g/mol. The lowest BCUT2D eigenvalue weighted by atomic mass is 10.1. The molecule has 0 aromatic heterocycles. The van der Waals surface area contributed by atoms with E-state index in [1.165, 1.54) is 6.08 Å². The third-order valence-electron chi connectivity index (χ3n) is 5.97. The van der Waals surface area contributed by atoms with Gasteiger partial charge in [0.15, 0.2) is 11.5 Å². The molecule has 0 fully saturated rings. The molecule has 1 N–H and O–H groups in total. The molecule has 7 nitrogen and oxygen atoms in total. The number of ether oxygens (including phenoxy) is 4. The number of methoxy groups -OCH3 is 1. The zero-order valence-corrected chi connectivity index (χ0v) is 26.2. The third kappa shape index (κ3) is 8.38. The molecule has 0 aliphatic heterocycles. The Kier molecular flexibility index (Phi) is 11.0. The quantitative estimate of drug-likeness (QED) is 0.119. The van der Waals surface area contributed by atoms with Gasteiger partial charge in [-0.15, -0.1) is 0 Å². The van der Waals surface area contributed by atoms with Crippen LogP contribution in [0.1, 0.15) is 23.6 Å². The smallest absolute Gasteiger partial charge is 0.266 e. The summed E-state index contributed by atoms with van der Waals surface area (Å²) in [6.07, 6.45) is 1.51. The second kappa shape index (κ2) is 15.1. The summed E-state index contributed by atoms with van der Waals surface area (Å²) in [4.78, 5) is 12.7. The van der Waals surface area contributed by atoms with E-state index in [4.69, 9.17) is 18.9 Å². The first-order valence-electron chi connectivity index (χ1n) is 13.0. The highest BCUT2D eigenvalue weighted by Crippen LogP contribution is 2.37. The second-order valence-electron chi connectivity index (χ2n) is 8.94. The Balaban J connectivity index is 1.44. The highest BCUT2D eigenvalue weighted by molar-refractivity contribution is 9.11. The maximum Gasteiger partial charge on any atom is 0.266 e. The van der Waals surface area contributed by atoms with E-state index in [2.05, 4.69) is 37.2 Å². The van der Waals surface area contributed by atoms with Crippen LogP contribution >= 0.6 is 31.9 Å². The summed E-state index contributed by atoms with van der Waals surface area (Å²) in [5, 5.41) is 12.4. The average Bonchev–Trinajstić information content (AvgIpc) is 3.00. The van der Waals surface area contributed by atoms with Crippen LogP contribution in [0.3, 0.4) is 0 Å². The largest absolute Gasteiger partial charge is 0.497 e. The van der Waals surface area contributed by atoms with E-state index in [-0.39, 0.29) is 12.2 Å². The molecule has 0 saturated carbocycles. The van der Waals surface area contributed by atoms with Crippen LogP contribution in [0, 0.1) is 11.3 Å². The Bertz CT molecular complexity index is 1580. The van der Waals surface area contributed by atoms with E-state index < -0.39 is 5.91 Å². The first kappa shape index (κ1) is 30.7. The van der Waals surface area contributed by atoms with Crippen LogP contribution in [-0.4, -0.2) is 19.6 Å².